The number of urea groups is 1. The fraction of sp³-hybridized carbons (Fsp3) is 0.412. The average Bonchev–Trinajstić information content (AvgIpc) is 2.99. The number of hydrogen-bond acceptors (Lipinski definition) is 3. The average molecular weight is 316 g/mol. The molecule has 2 rings (SSSR count). The van der Waals surface area contributed by atoms with Crippen LogP contribution < -0.4 is 10.6 Å². The van der Waals surface area contributed by atoms with Crippen LogP contribution in [-0.4, -0.2) is 27.5 Å². The third kappa shape index (κ3) is 5.10. The smallest absolute Gasteiger partial charge is 0.320 e. The highest BCUT2D eigenvalue weighted by molar-refractivity contribution is 5.88. The second-order valence-electron chi connectivity index (χ2n) is 5.37. The van der Waals surface area contributed by atoms with Gasteiger partial charge in [0.2, 0.25) is 0 Å². The number of aromatic nitrogens is 2. The van der Waals surface area contributed by atoms with Crippen LogP contribution in [0.5, 0.6) is 0 Å². The van der Waals surface area contributed by atoms with Gasteiger partial charge in [-0.1, -0.05) is 37.3 Å². The highest BCUT2D eigenvalue weighted by Gasteiger charge is 2.15. The zero-order valence-electron chi connectivity index (χ0n) is 13.4. The number of carbonyl (C=O) groups is 1. The molecule has 0 radical (unpaired) electrons. The standard InChI is InChI=1S/C17H24N4O2/c1-2-12-21-16(10-11-18-21)20-17(23)19-15(9-6-13-22)14-7-4-3-5-8-14/h3-5,7-8,10-11,15,22H,2,6,9,12-13H2,1H3,(H2,19,20,23)/t15-/m0/s1. The Hall–Kier alpha value is -2.34. The van der Waals surface area contributed by atoms with Crippen molar-refractivity contribution in [2.45, 2.75) is 38.8 Å². The number of nitrogens with zero attached hydrogens (tertiary/aromatic N) is 2. The summed E-state index contributed by atoms with van der Waals surface area (Å²) in [6.07, 6.45) is 3.93. The number of aryl methyl sites for hydroxylation is 1. The van der Waals surface area contributed by atoms with E-state index in [2.05, 4.69) is 22.7 Å². The molecule has 0 saturated carbocycles. The van der Waals surface area contributed by atoms with Crippen LogP contribution in [0.1, 0.15) is 37.8 Å². The third-order valence-corrected chi connectivity index (χ3v) is 3.55. The fourth-order valence-electron chi connectivity index (χ4n) is 2.44. The van der Waals surface area contributed by atoms with Crippen LogP contribution in [0.3, 0.4) is 0 Å². The van der Waals surface area contributed by atoms with Gasteiger partial charge in [-0.15, -0.1) is 0 Å². The normalized spacial score (nSPS) is 11.9. The van der Waals surface area contributed by atoms with Gasteiger partial charge in [0.1, 0.15) is 5.82 Å². The van der Waals surface area contributed by atoms with E-state index in [1.165, 1.54) is 0 Å². The SMILES string of the molecule is CCCn1nccc1NC(=O)N[C@@H](CCCO)c1ccccc1. The van der Waals surface area contributed by atoms with E-state index in [4.69, 9.17) is 5.11 Å². The predicted molar refractivity (Wildman–Crippen MR) is 90.2 cm³/mol. The first-order valence-electron chi connectivity index (χ1n) is 7.99. The summed E-state index contributed by atoms with van der Waals surface area (Å²) in [5.74, 6) is 0.679. The first kappa shape index (κ1) is 17.0. The van der Waals surface area contributed by atoms with Gasteiger partial charge in [-0.25, -0.2) is 9.48 Å². The van der Waals surface area contributed by atoms with Gasteiger partial charge in [0, 0.05) is 19.2 Å². The minimum Gasteiger partial charge on any atom is -0.396 e. The van der Waals surface area contributed by atoms with Gasteiger partial charge < -0.3 is 10.4 Å². The number of nitrogens with one attached hydrogen (secondary N) is 2. The molecule has 1 atom stereocenters. The Morgan fingerprint density at radius 1 is 1.30 bits per heavy atom. The minimum absolute atomic E-state index is 0.107. The summed E-state index contributed by atoms with van der Waals surface area (Å²) >= 11 is 0. The molecule has 0 saturated heterocycles. The Balaban J connectivity index is 2.01. The van der Waals surface area contributed by atoms with E-state index < -0.39 is 0 Å². The number of aliphatic hydroxyl groups is 1. The molecule has 3 N–H and O–H groups in total. The Bertz CT molecular complexity index is 598. The topological polar surface area (TPSA) is 79.2 Å². The van der Waals surface area contributed by atoms with Crippen LogP contribution in [-0.2, 0) is 6.54 Å². The summed E-state index contributed by atoms with van der Waals surface area (Å²) < 4.78 is 1.77. The van der Waals surface area contributed by atoms with E-state index in [9.17, 15) is 4.79 Å². The first-order valence-corrected chi connectivity index (χ1v) is 7.99. The van der Waals surface area contributed by atoms with Crippen molar-refractivity contribution in [1.29, 1.82) is 0 Å². The molecule has 0 aliphatic carbocycles. The van der Waals surface area contributed by atoms with Crippen molar-refractivity contribution in [3.05, 3.63) is 48.2 Å². The van der Waals surface area contributed by atoms with E-state index in [0.717, 1.165) is 18.5 Å². The highest BCUT2D eigenvalue weighted by atomic mass is 16.3. The van der Waals surface area contributed by atoms with Gasteiger partial charge in [0.15, 0.2) is 0 Å². The fourth-order valence-corrected chi connectivity index (χ4v) is 2.44. The number of hydrogen-bond donors (Lipinski definition) is 3. The summed E-state index contributed by atoms with van der Waals surface area (Å²) in [6.45, 7) is 2.93. The lowest BCUT2D eigenvalue weighted by Gasteiger charge is -2.19. The molecule has 6 heteroatoms. The minimum atomic E-state index is -0.269. The van der Waals surface area contributed by atoms with Crippen LogP contribution >= 0.6 is 0 Å². The lowest BCUT2D eigenvalue weighted by molar-refractivity contribution is 0.243. The van der Waals surface area contributed by atoms with Crippen LogP contribution in [0.15, 0.2) is 42.6 Å². The van der Waals surface area contributed by atoms with E-state index in [0.29, 0.717) is 18.7 Å². The summed E-state index contributed by atoms with van der Waals surface area (Å²) in [5, 5.41) is 19.1. The van der Waals surface area contributed by atoms with E-state index in [1.54, 1.807) is 16.9 Å². The van der Waals surface area contributed by atoms with E-state index in [1.807, 2.05) is 30.3 Å². The van der Waals surface area contributed by atoms with Gasteiger partial charge in [-0.05, 0) is 24.8 Å². The molecule has 0 aliphatic heterocycles. The van der Waals surface area contributed by atoms with Crippen LogP contribution in [0, 0.1) is 0 Å². The van der Waals surface area contributed by atoms with Crippen LogP contribution in [0.25, 0.3) is 0 Å². The molecule has 23 heavy (non-hydrogen) atoms. The summed E-state index contributed by atoms with van der Waals surface area (Å²) in [7, 11) is 0. The lowest BCUT2D eigenvalue weighted by Crippen LogP contribution is -2.33. The number of rotatable bonds is 8. The maximum absolute atomic E-state index is 12.3. The summed E-state index contributed by atoms with van der Waals surface area (Å²) in [4.78, 5) is 12.3. The Labute approximate surface area is 136 Å². The van der Waals surface area contributed by atoms with Crippen molar-refractivity contribution in [2.24, 2.45) is 0 Å². The van der Waals surface area contributed by atoms with Gasteiger partial charge in [0.25, 0.3) is 0 Å². The van der Waals surface area contributed by atoms with Gasteiger partial charge in [-0.3, -0.25) is 5.32 Å². The molecule has 0 bridgehead atoms. The predicted octanol–water partition coefficient (Wildman–Crippen LogP) is 2.93. The van der Waals surface area contributed by atoms with Crippen molar-refractivity contribution in [3.63, 3.8) is 0 Å². The maximum Gasteiger partial charge on any atom is 0.320 e. The molecule has 0 aliphatic rings. The molecular weight excluding hydrogens is 292 g/mol. The second-order valence-corrected chi connectivity index (χ2v) is 5.37. The van der Waals surface area contributed by atoms with Crippen LogP contribution in [0.4, 0.5) is 10.6 Å². The zero-order chi connectivity index (χ0) is 16.5. The molecule has 2 aromatic rings. The largest absolute Gasteiger partial charge is 0.396 e. The first-order chi connectivity index (χ1) is 11.2. The maximum atomic E-state index is 12.3. The Morgan fingerprint density at radius 3 is 2.78 bits per heavy atom. The van der Waals surface area contributed by atoms with Crippen molar-refractivity contribution >= 4 is 11.8 Å². The monoisotopic (exact) mass is 316 g/mol. The number of benzene rings is 1. The molecule has 0 unspecified atom stereocenters. The van der Waals surface area contributed by atoms with Crippen molar-refractivity contribution in [1.82, 2.24) is 15.1 Å². The Kier molecular flexibility index (Phi) is 6.62. The molecule has 0 spiro atoms. The van der Waals surface area contributed by atoms with Gasteiger partial charge in [-0.2, -0.15) is 5.10 Å². The van der Waals surface area contributed by atoms with E-state index >= 15 is 0 Å². The van der Waals surface area contributed by atoms with Crippen molar-refractivity contribution in [3.8, 4) is 0 Å². The quantitative estimate of drug-likeness (QED) is 0.700. The molecule has 6 nitrogen and oxygen atoms in total. The Morgan fingerprint density at radius 2 is 2.09 bits per heavy atom. The van der Waals surface area contributed by atoms with E-state index in [-0.39, 0.29) is 18.7 Å². The number of amides is 2. The number of aliphatic hydroxyl groups excluding tert-OH is 1. The van der Waals surface area contributed by atoms with Crippen LogP contribution in [0.2, 0.25) is 0 Å². The zero-order valence-corrected chi connectivity index (χ0v) is 13.4. The van der Waals surface area contributed by atoms with Crippen molar-refractivity contribution < 1.29 is 9.90 Å². The van der Waals surface area contributed by atoms with Gasteiger partial charge >= 0.3 is 6.03 Å². The summed E-state index contributed by atoms with van der Waals surface area (Å²) in [6, 6.07) is 11.2. The molecule has 1 aromatic heterocycles. The lowest BCUT2D eigenvalue weighted by atomic mass is 10.0. The molecule has 2 amide bonds. The second kappa shape index (κ2) is 8.95. The number of carbonyl (C=O) groups excluding carboxylic acids is 1. The van der Waals surface area contributed by atoms with Crippen molar-refractivity contribution in [2.75, 3.05) is 11.9 Å². The third-order valence-electron chi connectivity index (χ3n) is 3.55. The molecular formula is C17H24N4O2. The number of anilines is 1. The molecule has 124 valence electrons. The summed E-state index contributed by atoms with van der Waals surface area (Å²) in [5.41, 5.74) is 1.03. The highest BCUT2D eigenvalue weighted by Crippen LogP contribution is 2.18. The molecule has 1 aromatic carbocycles. The molecule has 1 heterocycles. The van der Waals surface area contributed by atoms with Gasteiger partial charge in [0.05, 0.1) is 12.2 Å². The molecule has 0 fully saturated rings.